The zero-order valence-corrected chi connectivity index (χ0v) is 18.9. The van der Waals surface area contributed by atoms with Crippen molar-refractivity contribution in [2.75, 3.05) is 31.7 Å². The van der Waals surface area contributed by atoms with Gasteiger partial charge in [-0.1, -0.05) is 19.1 Å². The molecule has 0 unspecified atom stereocenters. The number of nitrogens with zero attached hydrogens (tertiary/aromatic N) is 3. The molecular formula is C21H29FN4O4S. The van der Waals surface area contributed by atoms with Gasteiger partial charge in [0.1, 0.15) is 11.6 Å². The van der Waals surface area contributed by atoms with E-state index >= 15 is 4.39 Å². The molecule has 1 fully saturated rings. The number of rotatable bonds is 7. The average molecular weight is 453 g/mol. The molecule has 3 rings (SSSR count). The fraction of sp³-hybridized carbons (Fsp3) is 0.524. The van der Waals surface area contributed by atoms with Crippen LogP contribution in [0.1, 0.15) is 47.8 Å². The van der Waals surface area contributed by atoms with E-state index in [0.717, 1.165) is 6.26 Å². The lowest BCUT2D eigenvalue weighted by molar-refractivity contribution is 0.0353. The molecule has 1 aliphatic rings. The summed E-state index contributed by atoms with van der Waals surface area (Å²) in [6.07, 6.45) is 2.50. The highest BCUT2D eigenvalue weighted by atomic mass is 32.2. The van der Waals surface area contributed by atoms with Gasteiger partial charge in [-0.3, -0.25) is 4.79 Å². The predicted octanol–water partition coefficient (Wildman–Crippen LogP) is 2.47. The van der Waals surface area contributed by atoms with E-state index in [1.54, 1.807) is 25.1 Å². The van der Waals surface area contributed by atoms with Gasteiger partial charge in [-0.2, -0.15) is 4.31 Å². The number of benzene rings is 1. The van der Waals surface area contributed by atoms with E-state index < -0.39 is 21.3 Å². The van der Waals surface area contributed by atoms with Crippen LogP contribution >= 0.6 is 0 Å². The number of nitrogen functional groups attached to an aromatic ring is 1. The zero-order chi connectivity index (χ0) is 22.8. The van der Waals surface area contributed by atoms with Gasteiger partial charge in [0.2, 0.25) is 10.0 Å². The second kappa shape index (κ2) is 9.05. The van der Waals surface area contributed by atoms with Crippen LogP contribution in [0.5, 0.6) is 0 Å². The topological polar surface area (TPSA) is 108 Å². The van der Waals surface area contributed by atoms with Gasteiger partial charge in [0, 0.05) is 43.6 Å². The molecule has 1 saturated heterocycles. The highest BCUT2D eigenvalue weighted by Gasteiger charge is 2.44. The van der Waals surface area contributed by atoms with Gasteiger partial charge in [-0.25, -0.2) is 17.5 Å². The molecule has 31 heavy (non-hydrogen) atoms. The Morgan fingerprint density at radius 2 is 2.00 bits per heavy atom. The van der Waals surface area contributed by atoms with Gasteiger partial charge in [0.25, 0.3) is 5.91 Å². The standard InChI is InChI=1S/C21H29FN4O4S/c1-4-9-25(31(3,28)29)14-16-5-6-17(13-18(16)22)21(7-10-30-11-8-21)20(27)26-15(2)12-19(23)24-26/h5-6,12-13H,4,7-11,14H2,1-3H3,(H2,23,24). The van der Waals surface area contributed by atoms with E-state index in [2.05, 4.69) is 5.10 Å². The van der Waals surface area contributed by atoms with Gasteiger partial charge in [-0.05, 0) is 37.8 Å². The van der Waals surface area contributed by atoms with Crippen LogP contribution in [0, 0.1) is 12.7 Å². The van der Waals surface area contributed by atoms with Crippen LogP contribution < -0.4 is 5.73 Å². The molecule has 0 amide bonds. The fourth-order valence-corrected chi connectivity index (χ4v) is 4.92. The monoisotopic (exact) mass is 452 g/mol. The molecule has 0 radical (unpaired) electrons. The summed E-state index contributed by atoms with van der Waals surface area (Å²) >= 11 is 0. The van der Waals surface area contributed by atoms with E-state index in [1.807, 2.05) is 6.92 Å². The first-order valence-corrected chi connectivity index (χ1v) is 12.1. The summed E-state index contributed by atoms with van der Waals surface area (Å²) < 4.78 is 47.1. The third-order valence-corrected chi connectivity index (χ3v) is 7.00. The number of aryl methyl sites for hydroxylation is 1. The van der Waals surface area contributed by atoms with E-state index in [1.165, 1.54) is 15.1 Å². The third-order valence-electron chi connectivity index (χ3n) is 5.75. The van der Waals surface area contributed by atoms with Crippen LogP contribution in [-0.2, 0) is 26.7 Å². The Morgan fingerprint density at radius 1 is 1.32 bits per heavy atom. The SMILES string of the molecule is CCCN(Cc1ccc(C2(C(=O)n3nc(N)cc3C)CCOCC2)cc1F)S(C)(=O)=O. The quantitative estimate of drug-likeness (QED) is 0.692. The summed E-state index contributed by atoms with van der Waals surface area (Å²) in [7, 11) is -3.46. The van der Waals surface area contributed by atoms with Gasteiger partial charge >= 0.3 is 0 Å². The molecule has 0 spiro atoms. The predicted molar refractivity (Wildman–Crippen MR) is 116 cm³/mol. The van der Waals surface area contributed by atoms with Crippen LogP contribution in [0.15, 0.2) is 24.3 Å². The number of nitrogens with two attached hydrogens (primary N) is 1. The molecule has 0 saturated carbocycles. The van der Waals surface area contributed by atoms with Crippen LogP contribution in [0.4, 0.5) is 10.2 Å². The van der Waals surface area contributed by atoms with Crippen molar-refractivity contribution in [3.63, 3.8) is 0 Å². The van der Waals surface area contributed by atoms with Crippen molar-refractivity contribution in [2.24, 2.45) is 0 Å². The maximum atomic E-state index is 15.1. The van der Waals surface area contributed by atoms with E-state index in [0.29, 0.717) is 50.3 Å². The molecule has 8 nitrogen and oxygen atoms in total. The van der Waals surface area contributed by atoms with Crippen LogP contribution in [0.25, 0.3) is 0 Å². The van der Waals surface area contributed by atoms with Crippen molar-refractivity contribution in [3.05, 3.63) is 46.9 Å². The molecule has 0 atom stereocenters. The minimum absolute atomic E-state index is 0.0579. The van der Waals surface area contributed by atoms with Crippen molar-refractivity contribution >= 4 is 21.7 Å². The van der Waals surface area contributed by atoms with Gasteiger partial charge in [0.05, 0.1) is 11.7 Å². The fourth-order valence-electron chi connectivity index (χ4n) is 4.03. The number of hydrogen-bond acceptors (Lipinski definition) is 6. The summed E-state index contributed by atoms with van der Waals surface area (Å²) in [5.74, 6) is -0.579. The van der Waals surface area contributed by atoms with Gasteiger partial charge in [0.15, 0.2) is 0 Å². The van der Waals surface area contributed by atoms with Crippen LogP contribution in [0.2, 0.25) is 0 Å². The van der Waals surface area contributed by atoms with Crippen molar-refractivity contribution in [1.82, 2.24) is 14.1 Å². The number of halogens is 1. The highest BCUT2D eigenvalue weighted by molar-refractivity contribution is 7.88. The van der Waals surface area contributed by atoms with E-state index in [-0.39, 0.29) is 23.8 Å². The second-order valence-corrected chi connectivity index (χ2v) is 10.0. The first-order valence-electron chi connectivity index (χ1n) is 10.3. The first-order chi connectivity index (χ1) is 14.6. The molecule has 2 N–H and O–H groups in total. The molecule has 1 aromatic heterocycles. The minimum atomic E-state index is -3.46. The van der Waals surface area contributed by atoms with E-state index in [4.69, 9.17) is 10.5 Å². The Bertz CT molecular complexity index is 1060. The summed E-state index contributed by atoms with van der Waals surface area (Å²) in [4.78, 5) is 13.5. The first kappa shape index (κ1) is 23.4. The Labute approximate surface area is 182 Å². The smallest absolute Gasteiger partial charge is 0.257 e. The lowest BCUT2D eigenvalue weighted by atomic mass is 9.73. The Hall–Kier alpha value is -2.30. The van der Waals surface area contributed by atoms with Crippen molar-refractivity contribution in [3.8, 4) is 0 Å². The number of carbonyl (C=O) groups is 1. The minimum Gasteiger partial charge on any atom is -0.382 e. The largest absolute Gasteiger partial charge is 0.382 e. The molecule has 10 heteroatoms. The van der Waals surface area contributed by atoms with Crippen molar-refractivity contribution in [1.29, 1.82) is 0 Å². The normalized spacial score (nSPS) is 16.5. The molecular weight excluding hydrogens is 423 g/mol. The molecule has 0 aliphatic carbocycles. The number of anilines is 1. The summed E-state index contributed by atoms with van der Waals surface area (Å²) in [6, 6.07) is 6.22. The van der Waals surface area contributed by atoms with E-state index in [9.17, 15) is 13.2 Å². The highest BCUT2D eigenvalue weighted by Crippen LogP contribution is 2.37. The molecule has 2 aromatic rings. The van der Waals surface area contributed by atoms with Crippen molar-refractivity contribution < 1.29 is 22.3 Å². The maximum absolute atomic E-state index is 15.1. The molecule has 1 aromatic carbocycles. The Kier molecular flexibility index (Phi) is 6.82. The summed E-state index contributed by atoms with van der Waals surface area (Å²) in [5, 5.41) is 4.12. The maximum Gasteiger partial charge on any atom is 0.257 e. The third kappa shape index (κ3) is 4.81. The van der Waals surface area contributed by atoms with Gasteiger partial charge in [-0.15, -0.1) is 5.10 Å². The molecule has 0 bridgehead atoms. The molecule has 170 valence electrons. The lowest BCUT2D eigenvalue weighted by Crippen LogP contribution is -2.45. The number of sulfonamides is 1. The number of hydrogen-bond donors (Lipinski definition) is 1. The van der Waals surface area contributed by atoms with Crippen molar-refractivity contribution in [2.45, 2.75) is 45.1 Å². The molecule has 1 aliphatic heterocycles. The number of aromatic nitrogens is 2. The average Bonchev–Trinajstić information content (AvgIpc) is 3.06. The summed E-state index contributed by atoms with van der Waals surface area (Å²) in [5.41, 5.74) is 6.15. The Balaban J connectivity index is 1.99. The lowest BCUT2D eigenvalue weighted by Gasteiger charge is -2.36. The summed E-state index contributed by atoms with van der Waals surface area (Å²) in [6.45, 7) is 4.58. The number of carbonyl (C=O) groups excluding carboxylic acids is 1. The zero-order valence-electron chi connectivity index (χ0n) is 18.1. The van der Waals surface area contributed by atoms with Gasteiger partial charge < -0.3 is 10.5 Å². The number of ether oxygens (including phenoxy) is 1. The molecule has 2 heterocycles. The Morgan fingerprint density at radius 3 is 2.52 bits per heavy atom. The second-order valence-electron chi connectivity index (χ2n) is 8.02. The van der Waals surface area contributed by atoms with Crippen LogP contribution in [-0.4, -0.2) is 54.4 Å². The van der Waals surface area contributed by atoms with Crippen LogP contribution in [0.3, 0.4) is 0 Å².